The Labute approximate surface area is 162 Å². The van der Waals surface area contributed by atoms with Crippen molar-refractivity contribution >= 4 is 10.9 Å². The molecule has 27 heavy (non-hydrogen) atoms. The van der Waals surface area contributed by atoms with Crippen LogP contribution in [0.1, 0.15) is 43.7 Å². The van der Waals surface area contributed by atoms with Gasteiger partial charge < -0.3 is 15.0 Å². The summed E-state index contributed by atoms with van der Waals surface area (Å²) >= 11 is 0. The molecule has 2 N–H and O–H groups in total. The summed E-state index contributed by atoms with van der Waals surface area (Å²) in [5.41, 5.74) is 2.31. The molecule has 1 heterocycles. The Morgan fingerprint density at radius 1 is 0.926 bits per heavy atom. The highest BCUT2D eigenvalue weighted by Crippen LogP contribution is 2.28. The Hall–Kier alpha value is -2.10. The van der Waals surface area contributed by atoms with Gasteiger partial charge in [0.05, 0.1) is 12.1 Å². The topological polar surface area (TPSA) is 37.2 Å². The number of aliphatic hydroxyl groups is 1. The summed E-state index contributed by atoms with van der Waals surface area (Å²) in [4.78, 5) is 0. The molecule has 2 aromatic carbocycles. The number of fused-ring (bicyclic) bond motifs is 1. The zero-order valence-corrected chi connectivity index (χ0v) is 15.9. The number of hydrogen-bond acceptors (Lipinski definition) is 2. The Morgan fingerprint density at radius 2 is 1.67 bits per heavy atom. The minimum absolute atomic E-state index is 0.0926. The molecule has 4 rings (SSSR count). The third-order valence-corrected chi connectivity index (χ3v) is 5.95. The number of nitrogens with zero attached hydrogens (tertiary/aromatic N) is 1. The summed E-state index contributed by atoms with van der Waals surface area (Å²) in [5.74, 6) is 0.772. The first-order valence-electron chi connectivity index (χ1n) is 10.3. The van der Waals surface area contributed by atoms with Gasteiger partial charge in [0.15, 0.2) is 0 Å². The second-order valence-electron chi connectivity index (χ2n) is 7.87. The fraction of sp³-hybridized carbons (Fsp3) is 0.417. The van der Waals surface area contributed by atoms with Gasteiger partial charge in [-0.3, -0.25) is 0 Å². The zero-order valence-electron chi connectivity index (χ0n) is 15.9. The average molecular weight is 363 g/mol. The number of aromatic nitrogens is 1. The van der Waals surface area contributed by atoms with E-state index in [4.69, 9.17) is 0 Å². The normalized spacial score (nSPS) is 17.8. The van der Waals surface area contributed by atoms with Crippen LogP contribution >= 0.6 is 0 Å². The van der Waals surface area contributed by atoms with Crippen molar-refractivity contribution in [1.82, 2.24) is 9.88 Å². The Morgan fingerprint density at radius 3 is 2.48 bits per heavy atom. The Balaban J connectivity index is 1.53. The minimum Gasteiger partial charge on any atom is -0.389 e. The van der Waals surface area contributed by atoms with Crippen LogP contribution in [-0.2, 0) is 0 Å². The van der Waals surface area contributed by atoms with E-state index < -0.39 is 6.10 Å². The number of benzene rings is 2. The van der Waals surface area contributed by atoms with Crippen LogP contribution in [0.4, 0.5) is 0 Å². The first-order valence-corrected chi connectivity index (χ1v) is 10.3. The van der Waals surface area contributed by atoms with E-state index in [2.05, 4.69) is 70.7 Å². The molecule has 0 spiro atoms. The molecule has 0 saturated heterocycles. The SMILES string of the molecule is O[C@@H](CNCC1CCCCC1)[C@H](c1ccccc1)n1ccc2ccccc21. The van der Waals surface area contributed by atoms with Crippen LogP contribution in [0.25, 0.3) is 10.9 Å². The smallest absolute Gasteiger partial charge is 0.0912 e. The first kappa shape index (κ1) is 18.3. The van der Waals surface area contributed by atoms with Crippen molar-refractivity contribution in [1.29, 1.82) is 0 Å². The average Bonchev–Trinajstić information content (AvgIpc) is 3.14. The molecule has 0 aliphatic heterocycles. The summed E-state index contributed by atoms with van der Waals surface area (Å²) in [6.45, 7) is 1.63. The monoisotopic (exact) mass is 362 g/mol. The maximum atomic E-state index is 11.1. The van der Waals surface area contributed by atoms with Gasteiger partial charge >= 0.3 is 0 Å². The summed E-state index contributed by atoms with van der Waals surface area (Å²) in [5, 5.41) is 15.9. The number of rotatable bonds is 7. The molecule has 0 unspecified atom stereocenters. The molecule has 3 nitrogen and oxygen atoms in total. The Bertz CT molecular complexity index is 836. The molecule has 0 amide bonds. The van der Waals surface area contributed by atoms with E-state index in [1.54, 1.807) is 0 Å². The van der Waals surface area contributed by atoms with Crippen LogP contribution in [0.15, 0.2) is 66.9 Å². The van der Waals surface area contributed by atoms with Gasteiger partial charge in [0.25, 0.3) is 0 Å². The van der Waals surface area contributed by atoms with Crippen molar-refractivity contribution in [3.05, 3.63) is 72.4 Å². The lowest BCUT2D eigenvalue weighted by Crippen LogP contribution is -2.37. The first-order chi connectivity index (χ1) is 13.3. The third-order valence-electron chi connectivity index (χ3n) is 5.95. The minimum atomic E-state index is -0.480. The highest BCUT2D eigenvalue weighted by Gasteiger charge is 2.24. The van der Waals surface area contributed by atoms with Crippen LogP contribution in [0.5, 0.6) is 0 Å². The van der Waals surface area contributed by atoms with Gasteiger partial charge in [-0.2, -0.15) is 0 Å². The van der Waals surface area contributed by atoms with Crippen molar-refractivity contribution in [3.8, 4) is 0 Å². The Kier molecular flexibility index (Phi) is 5.90. The fourth-order valence-electron chi connectivity index (χ4n) is 4.50. The standard InChI is InChI=1S/C24H30N2O/c27-23(18-25-17-19-9-3-1-4-10-19)24(21-12-5-2-6-13-21)26-16-15-20-11-7-8-14-22(20)26/h2,5-8,11-16,19,23-25,27H,1,3-4,9-10,17-18H2/t23-,24-/m0/s1. The van der Waals surface area contributed by atoms with Gasteiger partial charge in [0.1, 0.15) is 0 Å². The summed E-state index contributed by atoms with van der Waals surface area (Å²) in [6, 6.07) is 20.8. The lowest BCUT2D eigenvalue weighted by molar-refractivity contribution is 0.127. The van der Waals surface area contributed by atoms with Gasteiger partial charge in [-0.1, -0.05) is 67.8 Å². The van der Waals surface area contributed by atoms with Crippen molar-refractivity contribution in [2.24, 2.45) is 5.92 Å². The molecule has 0 radical (unpaired) electrons. The third kappa shape index (κ3) is 4.26. The van der Waals surface area contributed by atoms with E-state index in [9.17, 15) is 5.11 Å². The van der Waals surface area contributed by atoms with Gasteiger partial charge in [-0.15, -0.1) is 0 Å². The van der Waals surface area contributed by atoms with E-state index >= 15 is 0 Å². The second kappa shape index (κ2) is 8.73. The second-order valence-corrected chi connectivity index (χ2v) is 7.87. The molecule has 1 saturated carbocycles. The highest BCUT2D eigenvalue weighted by molar-refractivity contribution is 5.80. The maximum absolute atomic E-state index is 11.1. The van der Waals surface area contributed by atoms with Crippen LogP contribution in [0.2, 0.25) is 0 Å². The molecule has 1 aromatic heterocycles. The lowest BCUT2D eigenvalue weighted by atomic mass is 9.89. The summed E-state index contributed by atoms with van der Waals surface area (Å²) < 4.78 is 2.22. The van der Waals surface area contributed by atoms with Crippen LogP contribution < -0.4 is 5.32 Å². The number of aliphatic hydroxyl groups excluding tert-OH is 1. The van der Waals surface area contributed by atoms with Gasteiger partial charge in [0, 0.05) is 18.3 Å². The molecule has 142 valence electrons. The predicted molar refractivity (Wildman–Crippen MR) is 112 cm³/mol. The number of hydrogen-bond donors (Lipinski definition) is 2. The van der Waals surface area contributed by atoms with Crippen LogP contribution in [-0.4, -0.2) is 28.9 Å². The fourth-order valence-corrected chi connectivity index (χ4v) is 4.50. The molecule has 1 aliphatic carbocycles. The number of para-hydroxylation sites is 1. The summed E-state index contributed by atoms with van der Waals surface area (Å²) in [7, 11) is 0. The summed E-state index contributed by atoms with van der Waals surface area (Å²) in [6.07, 6.45) is 8.38. The lowest BCUT2D eigenvalue weighted by Gasteiger charge is -2.28. The van der Waals surface area contributed by atoms with E-state index in [0.29, 0.717) is 6.54 Å². The molecular formula is C24H30N2O. The largest absolute Gasteiger partial charge is 0.389 e. The predicted octanol–water partition coefficient (Wildman–Crippen LogP) is 4.76. The number of nitrogens with one attached hydrogen (secondary N) is 1. The maximum Gasteiger partial charge on any atom is 0.0912 e. The van der Waals surface area contributed by atoms with E-state index in [1.165, 1.54) is 37.5 Å². The van der Waals surface area contributed by atoms with Crippen molar-refractivity contribution in [2.75, 3.05) is 13.1 Å². The van der Waals surface area contributed by atoms with E-state index in [-0.39, 0.29) is 6.04 Å². The molecular weight excluding hydrogens is 332 g/mol. The highest BCUT2D eigenvalue weighted by atomic mass is 16.3. The zero-order chi connectivity index (χ0) is 18.5. The molecule has 3 aromatic rings. The molecule has 3 heteroatoms. The van der Waals surface area contributed by atoms with Crippen molar-refractivity contribution < 1.29 is 5.11 Å². The molecule has 0 bridgehead atoms. The van der Waals surface area contributed by atoms with E-state index in [0.717, 1.165) is 23.5 Å². The van der Waals surface area contributed by atoms with Crippen molar-refractivity contribution in [2.45, 2.75) is 44.2 Å². The van der Waals surface area contributed by atoms with E-state index in [1.807, 2.05) is 6.07 Å². The molecule has 2 atom stereocenters. The quantitative estimate of drug-likeness (QED) is 0.636. The van der Waals surface area contributed by atoms with Gasteiger partial charge in [-0.25, -0.2) is 0 Å². The van der Waals surface area contributed by atoms with Crippen LogP contribution in [0.3, 0.4) is 0 Å². The van der Waals surface area contributed by atoms with Gasteiger partial charge in [0.2, 0.25) is 0 Å². The van der Waals surface area contributed by atoms with Crippen molar-refractivity contribution in [3.63, 3.8) is 0 Å². The van der Waals surface area contributed by atoms with Gasteiger partial charge in [-0.05, 0) is 48.4 Å². The molecule has 1 aliphatic rings. The van der Waals surface area contributed by atoms with Crippen LogP contribution in [0, 0.1) is 5.92 Å². The molecule has 1 fully saturated rings.